The second-order valence-corrected chi connectivity index (χ2v) is 6.96. The van der Waals surface area contributed by atoms with Gasteiger partial charge in [0, 0.05) is 19.1 Å². The molecule has 2 aromatic rings. The summed E-state index contributed by atoms with van der Waals surface area (Å²) in [7, 11) is 4.07. The Kier molecular flexibility index (Phi) is 4.41. The summed E-state index contributed by atoms with van der Waals surface area (Å²) in [5, 5.41) is 0.561. The van der Waals surface area contributed by atoms with E-state index in [0.29, 0.717) is 29.4 Å². The highest BCUT2D eigenvalue weighted by Gasteiger charge is 2.33. The first-order valence-electron chi connectivity index (χ1n) is 8.27. The van der Waals surface area contributed by atoms with Crippen LogP contribution in [0.15, 0.2) is 29.3 Å². The number of para-hydroxylation sites is 1. The summed E-state index contributed by atoms with van der Waals surface area (Å²) in [6, 6.07) is 5.90. The van der Waals surface area contributed by atoms with Crippen LogP contribution < -0.4 is 5.56 Å². The van der Waals surface area contributed by atoms with Gasteiger partial charge in [0.2, 0.25) is 5.91 Å². The van der Waals surface area contributed by atoms with E-state index in [1.807, 2.05) is 38.1 Å². The Bertz CT molecular complexity index is 827. The number of carbonyl (C=O) groups is 1. The average molecular weight is 328 g/mol. The lowest BCUT2D eigenvalue weighted by atomic mass is 10.1. The average Bonchev–Trinajstić information content (AvgIpc) is 2.93. The lowest BCUT2D eigenvalue weighted by molar-refractivity contribution is -0.131. The van der Waals surface area contributed by atoms with Crippen LogP contribution >= 0.6 is 0 Å². The van der Waals surface area contributed by atoms with Crippen LogP contribution in [0.25, 0.3) is 10.9 Å². The summed E-state index contributed by atoms with van der Waals surface area (Å²) in [6.45, 7) is 5.57. The molecule has 6 nitrogen and oxygen atoms in total. The zero-order valence-corrected chi connectivity index (χ0v) is 14.7. The van der Waals surface area contributed by atoms with Crippen LogP contribution in [0.2, 0.25) is 0 Å². The van der Waals surface area contributed by atoms with Gasteiger partial charge in [0.05, 0.1) is 17.2 Å². The van der Waals surface area contributed by atoms with Crippen molar-refractivity contribution in [3.05, 3.63) is 40.4 Å². The molecule has 6 heteroatoms. The van der Waals surface area contributed by atoms with E-state index in [2.05, 4.69) is 16.8 Å². The smallest absolute Gasteiger partial charge is 0.261 e. The maximum atomic E-state index is 12.6. The highest BCUT2D eigenvalue weighted by Crippen LogP contribution is 2.20. The van der Waals surface area contributed by atoms with E-state index in [9.17, 15) is 9.59 Å². The molecular formula is C18H24N4O2. The van der Waals surface area contributed by atoms with E-state index in [-0.39, 0.29) is 18.0 Å². The number of likely N-dealkylation sites (N-methyl/N-ethyl adjacent to an activating group) is 1. The van der Waals surface area contributed by atoms with Gasteiger partial charge in [0.15, 0.2) is 0 Å². The van der Waals surface area contributed by atoms with Gasteiger partial charge in [0.1, 0.15) is 6.54 Å². The number of amides is 1. The van der Waals surface area contributed by atoms with Crippen LogP contribution in [-0.2, 0) is 11.3 Å². The Hall–Kier alpha value is -2.21. The van der Waals surface area contributed by atoms with Crippen molar-refractivity contribution in [1.82, 2.24) is 19.4 Å². The van der Waals surface area contributed by atoms with Crippen LogP contribution in [0.5, 0.6) is 0 Å². The second-order valence-electron chi connectivity index (χ2n) is 6.96. The fourth-order valence-electron chi connectivity index (χ4n) is 3.52. The topological polar surface area (TPSA) is 58.4 Å². The zero-order chi connectivity index (χ0) is 17.4. The minimum atomic E-state index is -0.159. The fraction of sp³-hybridized carbons (Fsp3) is 0.500. The third-order valence-electron chi connectivity index (χ3n) is 4.95. The molecule has 3 rings (SSSR count). The van der Waals surface area contributed by atoms with Crippen LogP contribution in [0.1, 0.15) is 12.5 Å². The van der Waals surface area contributed by atoms with E-state index in [1.54, 1.807) is 6.07 Å². The Balaban J connectivity index is 1.82. The minimum absolute atomic E-state index is 0.0258. The van der Waals surface area contributed by atoms with Crippen molar-refractivity contribution in [3.8, 4) is 0 Å². The van der Waals surface area contributed by atoms with Crippen molar-refractivity contribution < 1.29 is 4.79 Å². The molecule has 0 bridgehead atoms. The quantitative estimate of drug-likeness (QED) is 0.847. The third-order valence-corrected chi connectivity index (χ3v) is 4.95. The summed E-state index contributed by atoms with van der Waals surface area (Å²) in [4.78, 5) is 33.6. The highest BCUT2D eigenvalue weighted by molar-refractivity contribution is 5.81. The fourth-order valence-corrected chi connectivity index (χ4v) is 3.52. The normalized spacial score (nSPS) is 21.0. The van der Waals surface area contributed by atoms with Gasteiger partial charge in [0.25, 0.3) is 5.56 Å². The van der Waals surface area contributed by atoms with Crippen molar-refractivity contribution in [1.29, 1.82) is 0 Å². The molecule has 0 saturated carbocycles. The molecule has 2 unspecified atom stereocenters. The van der Waals surface area contributed by atoms with E-state index < -0.39 is 0 Å². The van der Waals surface area contributed by atoms with E-state index >= 15 is 0 Å². The molecule has 2 atom stereocenters. The number of likely N-dealkylation sites (tertiary alicyclic amines) is 1. The van der Waals surface area contributed by atoms with Gasteiger partial charge in [-0.25, -0.2) is 4.98 Å². The summed E-state index contributed by atoms with van der Waals surface area (Å²) in [5.74, 6) is 0.403. The predicted molar refractivity (Wildman–Crippen MR) is 94.0 cm³/mol. The number of aryl methyl sites for hydroxylation is 1. The standard InChI is InChI=1S/C18H24N4O2/c1-12-6-5-7-14-17(12)19-11-22(18(14)24)10-16(23)21-8-13(2)15(9-21)20(3)4/h5-7,11,13,15H,8-10H2,1-4H3. The van der Waals surface area contributed by atoms with E-state index in [0.717, 1.165) is 12.1 Å². The molecule has 1 aliphatic heterocycles. The molecule has 0 radical (unpaired) electrons. The van der Waals surface area contributed by atoms with Gasteiger partial charge in [-0.2, -0.15) is 0 Å². The zero-order valence-electron chi connectivity index (χ0n) is 14.7. The highest BCUT2D eigenvalue weighted by atomic mass is 16.2. The summed E-state index contributed by atoms with van der Waals surface area (Å²) in [6.07, 6.45) is 1.48. The summed E-state index contributed by atoms with van der Waals surface area (Å²) >= 11 is 0. The largest absolute Gasteiger partial charge is 0.339 e. The molecule has 0 spiro atoms. The summed E-state index contributed by atoms with van der Waals surface area (Å²) in [5.41, 5.74) is 1.51. The molecular weight excluding hydrogens is 304 g/mol. The SMILES string of the molecule is Cc1cccc2c(=O)n(CC(=O)N3CC(C)C(N(C)C)C3)cnc12. The molecule has 1 aliphatic rings. The van der Waals surface area contributed by atoms with E-state index in [4.69, 9.17) is 0 Å². The first kappa shape index (κ1) is 16.6. The van der Waals surface area contributed by atoms with E-state index in [1.165, 1.54) is 10.9 Å². The number of aromatic nitrogens is 2. The Morgan fingerprint density at radius 2 is 2.08 bits per heavy atom. The molecule has 1 aromatic heterocycles. The predicted octanol–water partition coefficient (Wildman–Crippen LogP) is 1.11. The van der Waals surface area contributed by atoms with Gasteiger partial charge < -0.3 is 9.80 Å². The van der Waals surface area contributed by atoms with Crippen molar-refractivity contribution >= 4 is 16.8 Å². The molecule has 0 N–H and O–H groups in total. The Labute approximate surface area is 141 Å². The Morgan fingerprint density at radius 1 is 1.33 bits per heavy atom. The Morgan fingerprint density at radius 3 is 2.75 bits per heavy atom. The van der Waals surface area contributed by atoms with Crippen molar-refractivity contribution in [2.45, 2.75) is 26.4 Å². The van der Waals surface area contributed by atoms with Crippen LogP contribution in [0.4, 0.5) is 0 Å². The monoisotopic (exact) mass is 328 g/mol. The maximum absolute atomic E-state index is 12.6. The molecule has 128 valence electrons. The maximum Gasteiger partial charge on any atom is 0.261 e. The van der Waals surface area contributed by atoms with Gasteiger partial charge in [-0.05, 0) is 38.6 Å². The number of rotatable bonds is 3. The lowest BCUT2D eigenvalue weighted by Crippen LogP contribution is -2.38. The molecule has 1 saturated heterocycles. The van der Waals surface area contributed by atoms with Gasteiger partial charge >= 0.3 is 0 Å². The second kappa shape index (κ2) is 6.36. The first-order chi connectivity index (χ1) is 11.4. The molecule has 1 fully saturated rings. The summed E-state index contributed by atoms with van der Waals surface area (Å²) < 4.78 is 1.41. The lowest BCUT2D eigenvalue weighted by Gasteiger charge is -2.22. The molecule has 24 heavy (non-hydrogen) atoms. The number of hydrogen-bond donors (Lipinski definition) is 0. The van der Waals surface area contributed by atoms with Crippen molar-refractivity contribution in [3.63, 3.8) is 0 Å². The minimum Gasteiger partial charge on any atom is -0.339 e. The molecule has 2 heterocycles. The number of hydrogen-bond acceptors (Lipinski definition) is 4. The molecule has 1 amide bonds. The van der Waals surface area contributed by atoms with Crippen molar-refractivity contribution in [2.24, 2.45) is 5.92 Å². The first-order valence-corrected chi connectivity index (χ1v) is 8.27. The van der Waals surface area contributed by atoms with Crippen molar-refractivity contribution in [2.75, 3.05) is 27.2 Å². The van der Waals surface area contributed by atoms with Crippen LogP contribution in [0, 0.1) is 12.8 Å². The third kappa shape index (κ3) is 2.94. The molecule has 1 aromatic carbocycles. The number of fused-ring (bicyclic) bond motifs is 1. The number of benzene rings is 1. The van der Waals surface area contributed by atoms with Crippen LogP contribution in [-0.4, -0.2) is 58.5 Å². The number of nitrogens with zero attached hydrogens (tertiary/aromatic N) is 4. The molecule has 0 aliphatic carbocycles. The number of carbonyl (C=O) groups excluding carboxylic acids is 1. The van der Waals surface area contributed by atoms with Gasteiger partial charge in [-0.3, -0.25) is 14.2 Å². The van der Waals surface area contributed by atoms with Gasteiger partial charge in [-0.1, -0.05) is 19.1 Å². The van der Waals surface area contributed by atoms with Gasteiger partial charge in [-0.15, -0.1) is 0 Å². The van der Waals surface area contributed by atoms with Crippen LogP contribution in [0.3, 0.4) is 0 Å².